The van der Waals surface area contributed by atoms with Crippen molar-refractivity contribution in [1.82, 2.24) is 5.32 Å². The van der Waals surface area contributed by atoms with Crippen LogP contribution in [-0.4, -0.2) is 18.0 Å². The lowest BCUT2D eigenvalue weighted by Gasteiger charge is -2.13. The molecule has 1 atom stereocenters. The Kier molecular flexibility index (Phi) is 2.15. The van der Waals surface area contributed by atoms with Crippen molar-refractivity contribution in [3.05, 3.63) is 0 Å². The second kappa shape index (κ2) is 2.45. The number of nitrogens with two attached hydrogens (primary N) is 1. The van der Waals surface area contributed by atoms with Gasteiger partial charge in [0.15, 0.2) is 0 Å². The third-order valence-electron chi connectivity index (χ3n) is 0.805. The standard InChI is InChI=1S/C4H7N2O3/c1-4(9,3(5)8)6-2-7/h2H,1H3,(H2,5,8)(H,6,7). The molecule has 5 heteroatoms. The highest BCUT2D eigenvalue weighted by molar-refractivity contribution is 5.83. The summed E-state index contributed by atoms with van der Waals surface area (Å²) < 4.78 is 0. The fourth-order valence-corrected chi connectivity index (χ4v) is 0.184. The maximum absolute atomic E-state index is 10.6. The summed E-state index contributed by atoms with van der Waals surface area (Å²) in [4.78, 5) is 19.7. The molecule has 0 rings (SSSR count). The van der Waals surface area contributed by atoms with Gasteiger partial charge >= 0.3 is 0 Å². The molecule has 0 aromatic rings. The summed E-state index contributed by atoms with van der Waals surface area (Å²) in [5.41, 5.74) is 2.40. The van der Waals surface area contributed by atoms with Crippen LogP contribution in [0.3, 0.4) is 0 Å². The number of carbonyl (C=O) groups is 2. The van der Waals surface area contributed by atoms with Crippen molar-refractivity contribution < 1.29 is 14.7 Å². The molecular formula is C4H7N2O3. The van der Waals surface area contributed by atoms with Gasteiger partial charge < -0.3 is 11.1 Å². The van der Waals surface area contributed by atoms with Crippen molar-refractivity contribution in [2.75, 3.05) is 0 Å². The Bertz CT molecular complexity index is 132. The summed E-state index contributed by atoms with van der Waals surface area (Å²) in [7, 11) is 0. The smallest absolute Gasteiger partial charge is 0.273 e. The van der Waals surface area contributed by atoms with Gasteiger partial charge in [-0.15, -0.1) is 0 Å². The zero-order chi connectivity index (χ0) is 7.49. The van der Waals surface area contributed by atoms with E-state index in [0.29, 0.717) is 0 Å². The molecule has 0 saturated heterocycles. The summed E-state index contributed by atoms with van der Waals surface area (Å²) in [5.74, 6) is -1.10. The van der Waals surface area contributed by atoms with E-state index in [9.17, 15) is 14.7 Å². The highest BCUT2D eigenvalue weighted by atomic mass is 16.3. The van der Waals surface area contributed by atoms with E-state index < -0.39 is 11.6 Å². The Morgan fingerprint density at radius 2 is 2.22 bits per heavy atom. The first-order valence-electron chi connectivity index (χ1n) is 2.22. The van der Waals surface area contributed by atoms with Crippen molar-refractivity contribution >= 4 is 12.3 Å². The van der Waals surface area contributed by atoms with Crippen molar-refractivity contribution in [2.45, 2.75) is 12.6 Å². The van der Waals surface area contributed by atoms with Crippen molar-refractivity contribution in [1.29, 1.82) is 0 Å². The number of primary amides is 1. The Balaban J connectivity index is 4.00. The highest BCUT2D eigenvalue weighted by Crippen LogP contribution is 1.93. The number of nitrogens with one attached hydrogen (secondary N) is 1. The van der Waals surface area contributed by atoms with Gasteiger partial charge in [-0.2, -0.15) is 5.11 Å². The van der Waals surface area contributed by atoms with Gasteiger partial charge in [0.1, 0.15) is 0 Å². The van der Waals surface area contributed by atoms with Gasteiger partial charge in [0.2, 0.25) is 6.41 Å². The molecule has 5 nitrogen and oxygen atoms in total. The van der Waals surface area contributed by atoms with Crippen molar-refractivity contribution in [3.8, 4) is 0 Å². The largest absolute Gasteiger partial charge is 0.365 e. The molecule has 0 aliphatic carbocycles. The van der Waals surface area contributed by atoms with E-state index in [1.807, 2.05) is 0 Å². The van der Waals surface area contributed by atoms with Crippen LogP contribution in [0.5, 0.6) is 0 Å². The van der Waals surface area contributed by atoms with Crippen LogP contribution in [0.1, 0.15) is 6.92 Å². The van der Waals surface area contributed by atoms with E-state index in [4.69, 9.17) is 0 Å². The van der Waals surface area contributed by atoms with Gasteiger partial charge in [-0.05, 0) is 6.92 Å². The third kappa shape index (κ3) is 2.09. The fourth-order valence-electron chi connectivity index (χ4n) is 0.184. The summed E-state index contributed by atoms with van der Waals surface area (Å²) in [6.45, 7) is 0.976. The lowest BCUT2D eigenvalue weighted by atomic mass is 10.2. The fraction of sp³-hybridized carbons (Fsp3) is 0.500. The molecule has 3 N–H and O–H groups in total. The van der Waals surface area contributed by atoms with Crippen molar-refractivity contribution in [2.24, 2.45) is 5.73 Å². The molecule has 0 aliphatic rings. The number of carbonyl (C=O) groups excluding carboxylic acids is 2. The molecule has 2 amide bonds. The van der Waals surface area contributed by atoms with Crippen LogP contribution in [0, 0.1) is 0 Å². The summed E-state index contributed by atoms with van der Waals surface area (Å²) in [6, 6.07) is 0. The molecule has 9 heavy (non-hydrogen) atoms. The molecule has 0 aromatic heterocycles. The average molecular weight is 131 g/mol. The Morgan fingerprint density at radius 3 is 2.33 bits per heavy atom. The van der Waals surface area contributed by atoms with E-state index in [2.05, 4.69) is 5.73 Å². The zero-order valence-electron chi connectivity index (χ0n) is 4.88. The second-order valence-electron chi connectivity index (χ2n) is 1.66. The SMILES string of the molecule is CC([O])(NC=O)C(N)=O. The van der Waals surface area contributed by atoms with Crippen LogP contribution in [0.15, 0.2) is 0 Å². The number of hydrogen-bond donors (Lipinski definition) is 2. The molecule has 0 aromatic carbocycles. The first kappa shape index (κ1) is 7.90. The minimum atomic E-state index is -2.18. The zero-order valence-corrected chi connectivity index (χ0v) is 4.88. The Hall–Kier alpha value is -1.10. The average Bonchev–Trinajstić information content (AvgIpc) is 1.65. The monoisotopic (exact) mass is 131 g/mol. The predicted molar refractivity (Wildman–Crippen MR) is 27.5 cm³/mol. The van der Waals surface area contributed by atoms with Crippen LogP contribution in [0.4, 0.5) is 0 Å². The van der Waals surface area contributed by atoms with E-state index in [1.165, 1.54) is 0 Å². The summed E-state index contributed by atoms with van der Waals surface area (Å²) >= 11 is 0. The first-order chi connectivity index (χ1) is 4.00. The van der Waals surface area contributed by atoms with Gasteiger partial charge in [-0.1, -0.05) is 0 Å². The van der Waals surface area contributed by atoms with Crippen LogP contribution in [-0.2, 0) is 14.7 Å². The molecule has 1 unspecified atom stereocenters. The lowest BCUT2D eigenvalue weighted by Crippen LogP contribution is -2.51. The minimum absolute atomic E-state index is 0.137. The van der Waals surface area contributed by atoms with Gasteiger partial charge in [0.05, 0.1) is 0 Å². The molecule has 0 aliphatic heterocycles. The van der Waals surface area contributed by atoms with Crippen LogP contribution in [0.25, 0.3) is 0 Å². The highest BCUT2D eigenvalue weighted by Gasteiger charge is 2.28. The van der Waals surface area contributed by atoms with Gasteiger partial charge in [-0.3, -0.25) is 9.59 Å². The van der Waals surface area contributed by atoms with Gasteiger partial charge in [-0.25, -0.2) is 0 Å². The van der Waals surface area contributed by atoms with E-state index in [1.54, 1.807) is 5.32 Å². The molecule has 0 fully saturated rings. The second-order valence-corrected chi connectivity index (χ2v) is 1.66. The van der Waals surface area contributed by atoms with Gasteiger partial charge in [0.25, 0.3) is 11.6 Å². The Morgan fingerprint density at radius 1 is 1.78 bits per heavy atom. The number of amides is 2. The molecule has 0 spiro atoms. The first-order valence-corrected chi connectivity index (χ1v) is 2.22. The molecule has 51 valence electrons. The van der Waals surface area contributed by atoms with E-state index in [0.717, 1.165) is 6.92 Å². The maximum atomic E-state index is 10.6. The van der Waals surface area contributed by atoms with Crippen molar-refractivity contribution in [3.63, 3.8) is 0 Å². The van der Waals surface area contributed by atoms with Gasteiger partial charge in [0, 0.05) is 0 Å². The third-order valence-corrected chi connectivity index (χ3v) is 0.805. The van der Waals surface area contributed by atoms with E-state index in [-0.39, 0.29) is 6.41 Å². The molecule has 0 bridgehead atoms. The quantitative estimate of drug-likeness (QED) is 0.355. The molecule has 0 saturated carbocycles. The maximum Gasteiger partial charge on any atom is 0.273 e. The molecule has 0 heterocycles. The van der Waals surface area contributed by atoms with Crippen LogP contribution >= 0.6 is 0 Å². The molecule has 1 radical (unpaired) electrons. The number of hydrogen-bond acceptors (Lipinski definition) is 2. The van der Waals surface area contributed by atoms with Crippen LogP contribution in [0.2, 0.25) is 0 Å². The normalized spacial score (nSPS) is 15.8. The molecular weight excluding hydrogens is 124 g/mol. The predicted octanol–water partition coefficient (Wildman–Crippen LogP) is -1.64. The lowest BCUT2D eigenvalue weighted by molar-refractivity contribution is -0.148. The summed E-state index contributed by atoms with van der Waals surface area (Å²) in [5, 5.41) is 12.3. The van der Waals surface area contributed by atoms with Crippen LogP contribution < -0.4 is 11.1 Å². The topological polar surface area (TPSA) is 92.1 Å². The number of rotatable bonds is 3. The Labute approximate surface area is 51.8 Å². The minimum Gasteiger partial charge on any atom is -0.365 e. The van der Waals surface area contributed by atoms with E-state index >= 15 is 0 Å². The summed E-state index contributed by atoms with van der Waals surface area (Å²) in [6.07, 6.45) is 0.137.